The number of nitrogens with zero attached hydrogens (tertiary/aromatic N) is 1. The smallest absolute Gasteiger partial charge is 0.222 e. The van der Waals surface area contributed by atoms with Crippen LogP contribution in [0.15, 0.2) is 47.4 Å². The predicted molar refractivity (Wildman–Crippen MR) is 98.7 cm³/mol. The van der Waals surface area contributed by atoms with E-state index in [1.165, 1.54) is 41.3 Å². The van der Waals surface area contributed by atoms with Gasteiger partial charge < -0.3 is 4.90 Å². The molecule has 0 bridgehead atoms. The SMILES string of the molecule is O=C(CCc1ccc(Cl)c(F)c1)N1CC(S(=O)(=O)c2ccc(Cl)cc2)C1. The van der Waals surface area contributed by atoms with E-state index in [-0.39, 0.29) is 35.3 Å². The normalized spacial score (nSPS) is 15.0. The summed E-state index contributed by atoms with van der Waals surface area (Å²) in [7, 11) is -3.48. The molecule has 1 aliphatic rings. The Kier molecular flexibility index (Phi) is 5.55. The highest BCUT2D eigenvalue weighted by atomic mass is 35.5. The van der Waals surface area contributed by atoms with E-state index >= 15 is 0 Å². The Balaban J connectivity index is 1.54. The van der Waals surface area contributed by atoms with E-state index in [2.05, 4.69) is 0 Å². The summed E-state index contributed by atoms with van der Waals surface area (Å²) in [5.74, 6) is -0.669. The van der Waals surface area contributed by atoms with Crippen molar-refractivity contribution in [3.8, 4) is 0 Å². The number of halogens is 3. The van der Waals surface area contributed by atoms with Crippen LogP contribution in [0.1, 0.15) is 12.0 Å². The molecule has 3 rings (SSSR count). The Morgan fingerprint density at radius 2 is 1.77 bits per heavy atom. The summed E-state index contributed by atoms with van der Waals surface area (Å²) in [5.41, 5.74) is 0.672. The van der Waals surface area contributed by atoms with Gasteiger partial charge in [0.05, 0.1) is 9.92 Å². The van der Waals surface area contributed by atoms with Gasteiger partial charge in [0, 0.05) is 24.5 Å². The van der Waals surface area contributed by atoms with Gasteiger partial charge in [0.2, 0.25) is 5.91 Å². The molecule has 0 unspecified atom stereocenters. The molecule has 138 valence electrons. The van der Waals surface area contributed by atoms with Crippen molar-refractivity contribution < 1.29 is 17.6 Å². The van der Waals surface area contributed by atoms with E-state index in [1.807, 2.05) is 0 Å². The topological polar surface area (TPSA) is 54.5 Å². The monoisotopic (exact) mass is 415 g/mol. The fourth-order valence-corrected chi connectivity index (χ4v) is 4.66. The minimum atomic E-state index is -3.48. The highest BCUT2D eigenvalue weighted by molar-refractivity contribution is 7.92. The number of carbonyl (C=O) groups excluding carboxylic acids is 1. The van der Waals surface area contributed by atoms with Crippen LogP contribution >= 0.6 is 23.2 Å². The van der Waals surface area contributed by atoms with Gasteiger partial charge in [-0.2, -0.15) is 0 Å². The Morgan fingerprint density at radius 3 is 2.38 bits per heavy atom. The van der Waals surface area contributed by atoms with Crippen molar-refractivity contribution >= 4 is 38.9 Å². The molecule has 0 spiro atoms. The van der Waals surface area contributed by atoms with Crippen LogP contribution in [0.3, 0.4) is 0 Å². The molecule has 1 amide bonds. The van der Waals surface area contributed by atoms with Crippen molar-refractivity contribution in [1.82, 2.24) is 4.90 Å². The third-order valence-corrected chi connectivity index (χ3v) is 7.06. The molecule has 0 radical (unpaired) electrons. The van der Waals surface area contributed by atoms with Crippen molar-refractivity contribution in [3.05, 3.63) is 63.9 Å². The third-order valence-electron chi connectivity index (χ3n) is 4.39. The van der Waals surface area contributed by atoms with Gasteiger partial charge in [0.1, 0.15) is 11.1 Å². The zero-order valence-corrected chi connectivity index (χ0v) is 16.0. The minimum Gasteiger partial charge on any atom is -0.340 e. The van der Waals surface area contributed by atoms with Crippen LogP contribution in [0.5, 0.6) is 0 Å². The molecular weight excluding hydrogens is 400 g/mol. The number of sulfone groups is 1. The van der Waals surface area contributed by atoms with E-state index in [9.17, 15) is 17.6 Å². The molecule has 1 aliphatic heterocycles. The molecule has 0 atom stereocenters. The summed E-state index contributed by atoms with van der Waals surface area (Å²) in [6.07, 6.45) is 0.562. The predicted octanol–water partition coefficient (Wildman–Crippen LogP) is 3.75. The number of carbonyl (C=O) groups is 1. The van der Waals surface area contributed by atoms with Gasteiger partial charge >= 0.3 is 0 Å². The number of hydrogen-bond acceptors (Lipinski definition) is 3. The maximum atomic E-state index is 13.4. The largest absolute Gasteiger partial charge is 0.340 e. The zero-order valence-electron chi connectivity index (χ0n) is 13.7. The highest BCUT2D eigenvalue weighted by Gasteiger charge is 2.40. The molecule has 2 aromatic carbocycles. The average Bonchev–Trinajstić information content (AvgIpc) is 2.54. The van der Waals surface area contributed by atoms with Crippen LogP contribution < -0.4 is 0 Å². The van der Waals surface area contributed by atoms with Crippen LogP contribution in [0.25, 0.3) is 0 Å². The van der Waals surface area contributed by atoms with Gasteiger partial charge in [-0.3, -0.25) is 4.79 Å². The summed E-state index contributed by atoms with van der Waals surface area (Å²) in [6.45, 7) is 0.331. The van der Waals surface area contributed by atoms with E-state index in [4.69, 9.17) is 23.2 Å². The molecule has 0 saturated carbocycles. The lowest BCUT2D eigenvalue weighted by Crippen LogP contribution is -2.56. The van der Waals surface area contributed by atoms with Crippen LogP contribution in [-0.4, -0.2) is 37.6 Å². The van der Waals surface area contributed by atoms with Crippen LogP contribution in [0.4, 0.5) is 4.39 Å². The summed E-state index contributed by atoms with van der Waals surface area (Å²) in [4.78, 5) is 13.9. The first-order chi connectivity index (χ1) is 12.3. The molecule has 0 aliphatic carbocycles. The lowest BCUT2D eigenvalue weighted by atomic mass is 10.1. The Morgan fingerprint density at radius 1 is 1.12 bits per heavy atom. The lowest BCUT2D eigenvalue weighted by Gasteiger charge is -2.38. The fraction of sp³-hybridized carbons (Fsp3) is 0.278. The first-order valence-electron chi connectivity index (χ1n) is 7.98. The van der Waals surface area contributed by atoms with E-state index < -0.39 is 20.9 Å². The number of aryl methyl sites for hydroxylation is 1. The van der Waals surface area contributed by atoms with Gasteiger partial charge in [-0.1, -0.05) is 29.3 Å². The molecular formula is C18H16Cl2FNO3S. The molecule has 1 saturated heterocycles. The molecule has 0 aromatic heterocycles. The van der Waals surface area contributed by atoms with Crippen molar-refractivity contribution in [2.75, 3.05) is 13.1 Å². The third kappa shape index (κ3) is 4.03. The molecule has 0 N–H and O–H groups in total. The number of benzene rings is 2. The Hall–Kier alpha value is -1.63. The van der Waals surface area contributed by atoms with Crippen LogP contribution in [-0.2, 0) is 21.1 Å². The second kappa shape index (κ2) is 7.55. The van der Waals surface area contributed by atoms with Crippen molar-refractivity contribution in [3.63, 3.8) is 0 Å². The molecule has 1 heterocycles. The number of hydrogen-bond donors (Lipinski definition) is 0. The van der Waals surface area contributed by atoms with E-state index in [0.29, 0.717) is 17.0 Å². The van der Waals surface area contributed by atoms with Crippen molar-refractivity contribution in [2.45, 2.75) is 23.0 Å². The van der Waals surface area contributed by atoms with Gasteiger partial charge in [-0.25, -0.2) is 12.8 Å². The molecule has 2 aromatic rings. The molecule has 4 nitrogen and oxygen atoms in total. The average molecular weight is 416 g/mol. The van der Waals surface area contributed by atoms with Gasteiger partial charge in [0.15, 0.2) is 9.84 Å². The Bertz CT molecular complexity index is 926. The number of likely N-dealkylation sites (tertiary alicyclic amines) is 1. The van der Waals surface area contributed by atoms with Crippen LogP contribution in [0.2, 0.25) is 10.0 Å². The zero-order chi connectivity index (χ0) is 18.9. The first kappa shape index (κ1) is 19.1. The van der Waals surface area contributed by atoms with Crippen LogP contribution in [0, 0.1) is 5.82 Å². The number of rotatable bonds is 5. The fourth-order valence-electron chi connectivity index (χ4n) is 2.76. The Labute approximate surface area is 161 Å². The maximum Gasteiger partial charge on any atom is 0.222 e. The first-order valence-corrected chi connectivity index (χ1v) is 10.3. The number of amides is 1. The lowest BCUT2D eigenvalue weighted by molar-refractivity contribution is -0.134. The van der Waals surface area contributed by atoms with E-state index in [1.54, 1.807) is 6.07 Å². The quantitative estimate of drug-likeness (QED) is 0.746. The van der Waals surface area contributed by atoms with Gasteiger partial charge in [0.25, 0.3) is 0 Å². The second-order valence-electron chi connectivity index (χ2n) is 6.17. The van der Waals surface area contributed by atoms with E-state index in [0.717, 1.165) is 0 Å². The maximum absolute atomic E-state index is 13.4. The van der Waals surface area contributed by atoms with Gasteiger partial charge in [-0.05, 0) is 48.4 Å². The summed E-state index contributed by atoms with van der Waals surface area (Å²) in [6, 6.07) is 10.4. The standard InChI is InChI=1S/C18H16Cl2FNO3S/c19-13-3-5-14(6-4-13)26(24,25)15-10-22(11-15)18(23)8-2-12-1-7-16(20)17(21)9-12/h1,3-7,9,15H,2,8,10-11H2. The summed E-state index contributed by atoms with van der Waals surface area (Å²) in [5, 5.41) is -0.105. The minimum absolute atomic E-state index is 0.0399. The van der Waals surface area contributed by atoms with Crippen molar-refractivity contribution in [1.29, 1.82) is 0 Å². The molecule has 1 fully saturated rings. The van der Waals surface area contributed by atoms with Crippen molar-refractivity contribution in [2.24, 2.45) is 0 Å². The van der Waals surface area contributed by atoms with Gasteiger partial charge in [-0.15, -0.1) is 0 Å². The second-order valence-corrected chi connectivity index (χ2v) is 9.24. The molecule has 8 heteroatoms. The summed E-state index contributed by atoms with van der Waals surface area (Å²) >= 11 is 11.4. The molecule has 26 heavy (non-hydrogen) atoms. The summed E-state index contributed by atoms with van der Waals surface area (Å²) < 4.78 is 38.4. The highest BCUT2D eigenvalue weighted by Crippen LogP contribution is 2.25.